The molecular weight excluding hydrogens is 316 g/mol. The van der Waals surface area contributed by atoms with Crippen LogP contribution in [0.4, 0.5) is 0 Å². The van der Waals surface area contributed by atoms with Gasteiger partial charge in [0, 0.05) is 32.0 Å². The molecule has 1 fully saturated rings. The Morgan fingerprint density at radius 1 is 1.36 bits per heavy atom. The van der Waals surface area contributed by atoms with Crippen molar-refractivity contribution in [3.05, 3.63) is 35.9 Å². The lowest BCUT2D eigenvalue weighted by molar-refractivity contribution is 0.0875. The highest BCUT2D eigenvalue weighted by Gasteiger charge is 2.32. The number of nitrogens with zero attached hydrogens (tertiary/aromatic N) is 5. The van der Waals surface area contributed by atoms with E-state index in [0.717, 1.165) is 19.4 Å². The molecule has 0 aromatic carbocycles. The van der Waals surface area contributed by atoms with Crippen LogP contribution in [0.25, 0.3) is 0 Å². The minimum atomic E-state index is -0.101. The first kappa shape index (κ1) is 17.7. The van der Waals surface area contributed by atoms with Crippen LogP contribution in [-0.4, -0.2) is 50.5 Å². The summed E-state index contributed by atoms with van der Waals surface area (Å²) in [5.41, 5.74) is 1.68. The van der Waals surface area contributed by atoms with Crippen molar-refractivity contribution in [3.63, 3.8) is 0 Å². The third-order valence-corrected chi connectivity index (χ3v) is 5.06. The van der Waals surface area contributed by atoms with Gasteiger partial charge in [-0.2, -0.15) is 10.2 Å². The zero-order chi connectivity index (χ0) is 18.0. The summed E-state index contributed by atoms with van der Waals surface area (Å²) in [6, 6.07) is 4.38. The quantitative estimate of drug-likeness (QED) is 0.901. The molecule has 0 spiro atoms. The van der Waals surface area contributed by atoms with E-state index >= 15 is 0 Å². The summed E-state index contributed by atoms with van der Waals surface area (Å²) < 4.78 is 3.74. The first-order valence-corrected chi connectivity index (χ1v) is 8.99. The fraction of sp³-hybridized carbons (Fsp3) is 0.611. The molecular formula is C18H28N6O. The van der Waals surface area contributed by atoms with Crippen molar-refractivity contribution in [1.82, 2.24) is 29.8 Å². The van der Waals surface area contributed by atoms with Crippen LogP contribution in [0.1, 0.15) is 55.0 Å². The van der Waals surface area contributed by atoms with Crippen LogP contribution in [0, 0.1) is 5.92 Å². The van der Waals surface area contributed by atoms with Gasteiger partial charge in [-0.15, -0.1) is 0 Å². The number of hydrogen-bond acceptors (Lipinski definition) is 4. The zero-order valence-electron chi connectivity index (χ0n) is 15.5. The van der Waals surface area contributed by atoms with Crippen molar-refractivity contribution < 1.29 is 4.79 Å². The van der Waals surface area contributed by atoms with E-state index in [2.05, 4.69) is 33.5 Å². The van der Waals surface area contributed by atoms with Crippen LogP contribution in [0.5, 0.6) is 0 Å². The number of piperidine rings is 1. The smallest absolute Gasteiger partial charge is 0.271 e. The first-order chi connectivity index (χ1) is 12.0. The second-order valence-corrected chi connectivity index (χ2v) is 7.19. The number of hydrogen-bond donors (Lipinski definition) is 1. The lowest BCUT2D eigenvalue weighted by Gasteiger charge is -2.39. The van der Waals surface area contributed by atoms with Gasteiger partial charge in [-0.3, -0.25) is 19.1 Å². The van der Waals surface area contributed by atoms with E-state index < -0.39 is 0 Å². The first-order valence-electron chi connectivity index (χ1n) is 8.99. The Morgan fingerprint density at radius 2 is 2.16 bits per heavy atom. The Hall–Kier alpha value is -2.15. The maximum Gasteiger partial charge on any atom is 0.271 e. The number of nitrogens with one attached hydrogen (secondary N) is 1. The molecule has 2 aromatic heterocycles. The van der Waals surface area contributed by atoms with Crippen LogP contribution in [0.15, 0.2) is 24.5 Å². The molecule has 1 amide bonds. The third-order valence-electron chi connectivity index (χ3n) is 5.06. The van der Waals surface area contributed by atoms with Crippen LogP contribution >= 0.6 is 0 Å². The SMILES string of the molecule is CC(C)n1ccc(C(=O)NC[C@@H]2CCCN(C)[C@H]2c2ccnn2C)n1. The summed E-state index contributed by atoms with van der Waals surface area (Å²) in [5.74, 6) is 0.265. The lowest BCUT2D eigenvalue weighted by Crippen LogP contribution is -2.42. The molecule has 3 rings (SSSR count). The maximum atomic E-state index is 12.4. The summed E-state index contributed by atoms with van der Waals surface area (Å²) >= 11 is 0. The number of amides is 1. The van der Waals surface area contributed by atoms with Crippen LogP contribution < -0.4 is 5.32 Å². The fourth-order valence-corrected chi connectivity index (χ4v) is 3.68. The minimum Gasteiger partial charge on any atom is -0.350 e. The monoisotopic (exact) mass is 344 g/mol. The van der Waals surface area contributed by atoms with E-state index in [9.17, 15) is 4.79 Å². The highest BCUT2D eigenvalue weighted by Crippen LogP contribution is 2.34. The van der Waals surface area contributed by atoms with Crippen molar-refractivity contribution in [1.29, 1.82) is 0 Å². The van der Waals surface area contributed by atoms with E-state index in [1.807, 2.05) is 42.7 Å². The average Bonchev–Trinajstić information content (AvgIpc) is 3.22. The molecule has 2 aromatic rings. The number of likely N-dealkylation sites (tertiary alicyclic amines) is 1. The molecule has 0 aliphatic carbocycles. The molecule has 1 N–H and O–H groups in total. The predicted molar refractivity (Wildman–Crippen MR) is 96.2 cm³/mol. The molecule has 0 unspecified atom stereocenters. The van der Waals surface area contributed by atoms with E-state index in [1.54, 1.807) is 6.07 Å². The largest absolute Gasteiger partial charge is 0.350 e. The van der Waals surface area contributed by atoms with Gasteiger partial charge in [0.05, 0.1) is 11.7 Å². The molecule has 7 heteroatoms. The normalized spacial score (nSPS) is 21.6. The minimum absolute atomic E-state index is 0.101. The number of carbonyl (C=O) groups excluding carboxylic acids is 1. The van der Waals surface area contributed by atoms with Gasteiger partial charge in [-0.1, -0.05) is 0 Å². The molecule has 1 aliphatic rings. The molecule has 0 radical (unpaired) electrons. The molecule has 2 atom stereocenters. The third kappa shape index (κ3) is 3.76. The Morgan fingerprint density at radius 3 is 2.80 bits per heavy atom. The topological polar surface area (TPSA) is 68.0 Å². The molecule has 25 heavy (non-hydrogen) atoms. The second kappa shape index (κ2) is 7.39. The van der Waals surface area contributed by atoms with Gasteiger partial charge < -0.3 is 5.32 Å². The van der Waals surface area contributed by atoms with Crippen molar-refractivity contribution in [2.24, 2.45) is 13.0 Å². The Bertz CT molecular complexity index is 719. The number of carbonyl (C=O) groups is 1. The summed E-state index contributed by atoms with van der Waals surface area (Å²) in [7, 11) is 4.13. The van der Waals surface area contributed by atoms with Crippen molar-refractivity contribution in [2.75, 3.05) is 20.1 Å². The van der Waals surface area contributed by atoms with Crippen LogP contribution in [0.3, 0.4) is 0 Å². The van der Waals surface area contributed by atoms with E-state index in [0.29, 0.717) is 18.2 Å². The molecule has 136 valence electrons. The average molecular weight is 344 g/mol. The fourth-order valence-electron chi connectivity index (χ4n) is 3.68. The van der Waals surface area contributed by atoms with Gasteiger partial charge in [-0.05, 0) is 58.3 Å². The molecule has 0 bridgehead atoms. The summed E-state index contributed by atoms with van der Waals surface area (Å²) in [5, 5.41) is 11.7. The van der Waals surface area contributed by atoms with Gasteiger partial charge in [0.1, 0.15) is 5.69 Å². The highest BCUT2D eigenvalue weighted by molar-refractivity contribution is 5.92. The van der Waals surface area contributed by atoms with E-state index in [4.69, 9.17) is 0 Å². The Kier molecular flexibility index (Phi) is 5.22. The highest BCUT2D eigenvalue weighted by atomic mass is 16.1. The second-order valence-electron chi connectivity index (χ2n) is 7.19. The number of aryl methyl sites for hydroxylation is 1. The number of rotatable bonds is 5. The van der Waals surface area contributed by atoms with Gasteiger partial charge in [0.25, 0.3) is 5.91 Å². The van der Waals surface area contributed by atoms with Gasteiger partial charge in [0.2, 0.25) is 0 Å². The van der Waals surface area contributed by atoms with Crippen LogP contribution in [-0.2, 0) is 7.05 Å². The van der Waals surface area contributed by atoms with Crippen molar-refractivity contribution in [2.45, 2.75) is 38.8 Å². The van der Waals surface area contributed by atoms with Gasteiger partial charge in [0.15, 0.2) is 0 Å². The molecule has 1 aliphatic heterocycles. The summed E-state index contributed by atoms with van der Waals surface area (Å²) in [4.78, 5) is 14.8. The predicted octanol–water partition coefficient (Wildman–Crippen LogP) is 2.01. The Balaban J connectivity index is 1.67. The molecule has 0 saturated carbocycles. The standard InChI is InChI=1S/C18H28N6O/c1-13(2)24-11-8-15(21-24)18(25)19-12-14-6-5-10-22(3)17(14)16-7-9-20-23(16)4/h7-9,11,13-14,17H,5-6,10,12H2,1-4H3,(H,19,25)/t14-,17+/m0/s1. The van der Waals surface area contributed by atoms with Gasteiger partial charge in [-0.25, -0.2) is 0 Å². The van der Waals surface area contributed by atoms with Crippen LogP contribution in [0.2, 0.25) is 0 Å². The summed E-state index contributed by atoms with van der Waals surface area (Å²) in [6.45, 7) is 5.81. The molecule has 3 heterocycles. The van der Waals surface area contributed by atoms with E-state index in [1.165, 1.54) is 5.69 Å². The zero-order valence-corrected chi connectivity index (χ0v) is 15.5. The van der Waals surface area contributed by atoms with Gasteiger partial charge >= 0.3 is 0 Å². The maximum absolute atomic E-state index is 12.4. The molecule has 1 saturated heterocycles. The van der Waals surface area contributed by atoms with E-state index in [-0.39, 0.29) is 18.0 Å². The Labute approximate surface area is 149 Å². The molecule has 7 nitrogen and oxygen atoms in total. The lowest BCUT2D eigenvalue weighted by atomic mass is 9.87. The van der Waals surface area contributed by atoms with Crippen molar-refractivity contribution in [3.8, 4) is 0 Å². The van der Waals surface area contributed by atoms with Crippen molar-refractivity contribution >= 4 is 5.91 Å². The summed E-state index contributed by atoms with van der Waals surface area (Å²) in [6.07, 6.45) is 5.94. The number of aromatic nitrogens is 4.